The van der Waals surface area contributed by atoms with Crippen LogP contribution in [0, 0.1) is 45.4 Å². The average molecular weight is 640 g/mol. The third kappa shape index (κ3) is 9.64. The van der Waals surface area contributed by atoms with Gasteiger partial charge in [0.2, 0.25) is 0 Å². The minimum absolute atomic E-state index is 0. The number of hydrogen-bond donors (Lipinski definition) is 2. The van der Waals surface area contributed by atoms with Crippen molar-refractivity contribution in [3.63, 3.8) is 0 Å². The van der Waals surface area contributed by atoms with Gasteiger partial charge >= 0.3 is 26.2 Å². The monoisotopic (exact) mass is 638 g/mol. The number of phenolic OH excluding ortho intramolecular Hbond substituents is 2. The molecule has 2 aromatic carbocycles. The first-order chi connectivity index (χ1) is 18.3. The summed E-state index contributed by atoms with van der Waals surface area (Å²) < 4.78 is 24.0. The molecule has 0 radical (unpaired) electrons. The predicted molar refractivity (Wildman–Crippen MR) is 162 cm³/mol. The van der Waals surface area contributed by atoms with Crippen molar-refractivity contribution in [2.75, 3.05) is 0 Å². The zero-order valence-electron chi connectivity index (χ0n) is 26.3. The number of aromatic hydroxyl groups is 2. The molecule has 41 heavy (non-hydrogen) atoms. The topological polar surface area (TPSA) is 40.5 Å². The Bertz CT molecular complexity index is 1130. The zero-order valence-corrected chi connectivity index (χ0v) is 28.8. The molecule has 0 aromatic heterocycles. The third-order valence-electron chi connectivity index (χ3n) is 7.44. The van der Waals surface area contributed by atoms with Crippen LogP contribution in [0.25, 0.3) is 0 Å². The molecule has 0 saturated carbocycles. The normalized spacial score (nSPS) is 15.2. The van der Waals surface area contributed by atoms with Gasteiger partial charge in [-0.05, 0) is 59.4 Å². The molecule has 0 bridgehead atoms. The van der Waals surface area contributed by atoms with Crippen molar-refractivity contribution in [3.8, 4) is 11.5 Å². The van der Waals surface area contributed by atoms with Crippen LogP contribution in [0.15, 0.2) is 83.0 Å². The fourth-order valence-electron chi connectivity index (χ4n) is 4.99. The van der Waals surface area contributed by atoms with Gasteiger partial charge in [0.1, 0.15) is 23.1 Å². The summed E-state index contributed by atoms with van der Waals surface area (Å²) in [7, 11) is 0. The Morgan fingerprint density at radius 3 is 1.07 bits per heavy atom. The van der Waals surface area contributed by atoms with Crippen LogP contribution in [-0.4, -0.2) is 10.2 Å². The molecule has 220 valence electrons. The van der Waals surface area contributed by atoms with Crippen molar-refractivity contribution in [2.45, 2.75) is 82.1 Å². The summed E-state index contributed by atoms with van der Waals surface area (Å²) in [6.07, 6.45) is 14.1. The van der Waals surface area contributed by atoms with Gasteiger partial charge in [-0.1, -0.05) is 74.7 Å². The molecule has 2 aliphatic rings. The van der Waals surface area contributed by atoms with Gasteiger partial charge in [0.25, 0.3) is 0 Å². The van der Waals surface area contributed by atoms with Gasteiger partial charge in [0.05, 0.1) is 0 Å². The Kier molecular flexibility index (Phi) is 12.8. The first-order valence-corrected chi connectivity index (χ1v) is 13.8. The first-order valence-electron chi connectivity index (χ1n) is 13.8. The van der Waals surface area contributed by atoms with E-state index in [0.717, 1.165) is 12.8 Å². The van der Waals surface area contributed by atoms with Crippen LogP contribution < -0.4 is 0 Å². The molecule has 0 atom stereocenters. The first kappa shape index (κ1) is 36.8. The molecular formula is C36H46F2O2Zr. The van der Waals surface area contributed by atoms with Crippen LogP contribution >= 0.6 is 0 Å². The fraction of sp³-hybridized carbons (Fsp3) is 0.444. The van der Waals surface area contributed by atoms with Crippen LogP contribution in [0.4, 0.5) is 8.78 Å². The number of halogens is 2. The Morgan fingerprint density at radius 2 is 0.854 bits per heavy atom. The van der Waals surface area contributed by atoms with E-state index in [1.807, 2.05) is 0 Å². The van der Waals surface area contributed by atoms with E-state index in [4.69, 9.17) is 10.2 Å². The molecule has 2 nitrogen and oxygen atoms in total. The standard InChI is InChI=1S/C24H36.2C6H5FO.Zr/c1-21(2,3)17-13-11-15-19(17)24(10,23(7,8)9)20-16-12-14-18(20)22(4,5)6;2*7-5-1-3-6(8)4-2-5;/h15-16H,11-12H2,1-10H3;2*1-4,8H;/q-2;;;+2. The van der Waals surface area contributed by atoms with Crippen LogP contribution in [0.3, 0.4) is 0 Å². The van der Waals surface area contributed by atoms with Crippen molar-refractivity contribution in [3.05, 3.63) is 107 Å². The van der Waals surface area contributed by atoms with Gasteiger partial charge < -0.3 is 10.2 Å². The largest absolute Gasteiger partial charge is 2.00 e. The molecule has 0 saturated heterocycles. The van der Waals surface area contributed by atoms with Crippen LogP contribution in [0.1, 0.15) is 82.1 Å². The van der Waals surface area contributed by atoms with Gasteiger partial charge in [0, 0.05) is 0 Å². The van der Waals surface area contributed by atoms with Crippen molar-refractivity contribution < 1.29 is 45.2 Å². The second kappa shape index (κ2) is 14.3. The van der Waals surface area contributed by atoms with E-state index < -0.39 is 0 Å². The van der Waals surface area contributed by atoms with Crippen molar-refractivity contribution in [2.24, 2.45) is 21.7 Å². The van der Waals surface area contributed by atoms with Crippen LogP contribution in [-0.2, 0) is 26.2 Å². The number of phenols is 2. The summed E-state index contributed by atoms with van der Waals surface area (Å²) >= 11 is 0. The average Bonchev–Trinajstić information content (AvgIpc) is 3.53. The summed E-state index contributed by atoms with van der Waals surface area (Å²) in [5.74, 6) is -0.483. The Hall–Kier alpha value is -2.26. The zero-order chi connectivity index (χ0) is 30.5. The second-order valence-corrected chi connectivity index (χ2v) is 13.6. The summed E-state index contributed by atoms with van der Waals surface area (Å²) in [5, 5.41) is 17.2. The maximum Gasteiger partial charge on any atom is 2.00 e. The van der Waals surface area contributed by atoms with Crippen molar-refractivity contribution >= 4 is 0 Å². The molecule has 2 N–H and O–H groups in total. The van der Waals surface area contributed by atoms with E-state index in [0.29, 0.717) is 0 Å². The summed E-state index contributed by atoms with van der Waals surface area (Å²) in [6.45, 7) is 23.5. The van der Waals surface area contributed by atoms with E-state index in [9.17, 15) is 8.78 Å². The van der Waals surface area contributed by atoms with Crippen molar-refractivity contribution in [1.82, 2.24) is 0 Å². The van der Waals surface area contributed by atoms with E-state index >= 15 is 0 Å². The fourth-order valence-corrected chi connectivity index (χ4v) is 4.99. The van der Waals surface area contributed by atoms with E-state index in [1.165, 1.54) is 70.8 Å². The molecule has 2 aromatic rings. The van der Waals surface area contributed by atoms with E-state index in [1.54, 1.807) is 0 Å². The number of hydrogen-bond acceptors (Lipinski definition) is 2. The second-order valence-electron chi connectivity index (χ2n) is 13.6. The summed E-state index contributed by atoms with van der Waals surface area (Å²) in [6, 6.07) is 10.0. The SMILES string of the molecule is CC(C)(C)C1=[C-]CC=C1C(C)(C1=CC[C-]=C1C(C)(C)C)C(C)(C)C.Oc1ccc(F)cc1.Oc1ccc(F)cc1.[Zr+2]. The molecular weight excluding hydrogens is 594 g/mol. The Morgan fingerprint density at radius 1 is 0.561 bits per heavy atom. The molecule has 0 spiro atoms. The third-order valence-corrected chi connectivity index (χ3v) is 7.44. The van der Waals surface area contributed by atoms with Gasteiger partial charge in [-0.2, -0.15) is 12.2 Å². The number of rotatable bonds is 2. The maximum atomic E-state index is 12.0. The number of allylic oxidation sites excluding steroid dienone is 8. The van der Waals surface area contributed by atoms with Gasteiger partial charge in [-0.25, -0.2) is 31.1 Å². The molecule has 0 heterocycles. The molecule has 0 amide bonds. The molecule has 4 rings (SSSR count). The Labute approximate surface area is 266 Å². The Balaban J connectivity index is 0.000000401. The number of benzene rings is 2. The summed E-state index contributed by atoms with van der Waals surface area (Å²) in [5.41, 5.74) is 6.13. The minimum atomic E-state index is -0.331. The molecule has 0 aliphatic heterocycles. The van der Waals surface area contributed by atoms with E-state index in [-0.39, 0.29) is 71.0 Å². The minimum Gasteiger partial charge on any atom is -0.508 e. The van der Waals surface area contributed by atoms with Gasteiger partial charge in [-0.15, -0.1) is 18.3 Å². The summed E-state index contributed by atoms with van der Waals surface area (Å²) in [4.78, 5) is 0. The van der Waals surface area contributed by atoms with Gasteiger partial charge in [0.15, 0.2) is 0 Å². The molecule has 5 heteroatoms. The smallest absolute Gasteiger partial charge is 0.508 e. The van der Waals surface area contributed by atoms with E-state index in [2.05, 4.69) is 93.5 Å². The van der Waals surface area contributed by atoms with Crippen molar-refractivity contribution in [1.29, 1.82) is 0 Å². The molecule has 0 fully saturated rings. The van der Waals surface area contributed by atoms with Gasteiger partial charge in [-0.3, -0.25) is 12.2 Å². The quantitative estimate of drug-likeness (QED) is 0.321. The predicted octanol–water partition coefficient (Wildman–Crippen LogP) is 10.3. The molecule has 2 aliphatic carbocycles. The molecule has 0 unspecified atom stereocenters. The van der Waals surface area contributed by atoms with Crippen LogP contribution in [0.2, 0.25) is 0 Å². The maximum absolute atomic E-state index is 12.0. The van der Waals surface area contributed by atoms with Crippen LogP contribution in [0.5, 0.6) is 11.5 Å².